The molecule has 0 saturated heterocycles. The molecule has 2 unspecified atom stereocenters. The smallest absolute Gasteiger partial charge is 0.335 e. The summed E-state index contributed by atoms with van der Waals surface area (Å²) in [5.41, 5.74) is 3.07. The van der Waals surface area contributed by atoms with Gasteiger partial charge in [-0.25, -0.2) is 4.79 Å². The molecular weight excluding hydrogens is 1180 g/mol. The number of methoxy groups -OCH3 is 1. The van der Waals surface area contributed by atoms with Crippen molar-refractivity contribution in [2.24, 2.45) is 0 Å². The number of carbonyl (C=O) groups is 1. The van der Waals surface area contributed by atoms with Gasteiger partial charge in [0.15, 0.2) is 0 Å². The number of hydrogen-bond donors (Lipinski definition) is 5. The number of anilines is 1. The topological polar surface area (TPSA) is 343 Å². The molecule has 0 bridgehead atoms. The summed E-state index contributed by atoms with van der Waals surface area (Å²) in [5.74, 6) is -2.53. The zero-order valence-electron chi connectivity index (χ0n) is 47.9. The van der Waals surface area contributed by atoms with Crippen LogP contribution in [0.2, 0.25) is 0 Å². The molecule has 0 amide bonds. The second kappa shape index (κ2) is 36.8. The fourth-order valence-electron chi connectivity index (χ4n) is 8.97. The number of nitrogens with zero attached hydrogens (tertiary/aromatic N) is 3. The third kappa shape index (κ3) is 25.5. The Kier molecular flexibility index (Phi) is 30.5. The molecule has 0 fully saturated rings. The lowest BCUT2D eigenvalue weighted by Crippen LogP contribution is -2.31. The lowest BCUT2D eigenvalue weighted by molar-refractivity contribution is -0.146. The van der Waals surface area contributed by atoms with Crippen LogP contribution >= 0.6 is 0 Å². The Balaban J connectivity index is 1.15. The quantitative estimate of drug-likeness (QED) is 0.0468. The van der Waals surface area contributed by atoms with Crippen molar-refractivity contribution >= 4 is 42.0 Å². The van der Waals surface area contributed by atoms with Gasteiger partial charge in [0.1, 0.15) is 6.10 Å². The second-order valence-electron chi connectivity index (χ2n) is 19.3. The van der Waals surface area contributed by atoms with E-state index in [1.807, 2.05) is 53.2 Å². The molecule has 27 nitrogen and oxygen atoms in total. The number of rotatable bonds is 46. The largest absolute Gasteiger partial charge is 0.492 e. The monoisotopic (exact) mass is 1260 g/mol. The van der Waals surface area contributed by atoms with Crippen LogP contribution in [0, 0.1) is 0 Å². The van der Waals surface area contributed by atoms with Gasteiger partial charge in [0, 0.05) is 66.9 Å². The van der Waals surface area contributed by atoms with Crippen molar-refractivity contribution in [1.82, 2.24) is 9.63 Å². The number of hydrogen-bond acceptors (Lipinski definition) is 23. The highest BCUT2D eigenvalue weighted by atomic mass is 32.2. The van der Waals surface area contributed by atoms with E-state index < -0.39 is 71.1 Å². The molecule has 1 aromatic carbocycles. The Morgan fingerprint density at radius 1 is 0.659 bits per heavy atom. The van der Waals surface area contributed by atoms with Gasteiger partial charge in [-0.2, -0.15) is 25.3 Å². The molecule has 2 aliphatic heterocycles. The first kappa shape index (κ1) is 70.5. The van der Waals surface area contributed by atoms with Gasteiger partial charge in [0.25, 0.3) is 30.4 Å². The van der Waals surface area contributed by atoms with E-state index in [1.54, 1.807) is 25.5 Å². The van der Waals surface area contributed by atoms with E-state index in [4.69, 9.17) is 56.9 Å². The first-order valence-corrected chi connectivity index (χ1v) is 32.3. The van der Waals surface area contributed by atoms with E-state index >= 15 is 0 Å². The van der Waals surface area contributed by atoms with E-state index in [2.05, 4.69) is 0 Å². The van der Waals surface area contributed by atoms with E-state index in [-0.39, 0.29) is 89.9 Å². The van der Waals surface area contributed by atoms with Gasteiger partial charge >= 0.3 is 5.97 Å². The van der Waals surface area contributed by atoms with Crippen LogP contribution in [0.25, 0.3) is 0 Å². The Labute approximate surface area is 497 Å². The number of aromatic nitrogens is 1. The fraction of sp³-hybridized carbons (Fsp3) is 0.582. The van der Waals surface area contributed by atoms with Gasteiger partial charge in [-0.15, -0.1) is 4.73 Å². The van der Waals surface area contributed by atoms with Crippen molar-refractivity contribution in [3.8, 4) is 11.8 Å². The molecule has 30 heteroatoms. The number of fused-ring (bicyclic) bond motifs is 2. The summed E-state index contributed by atoms with van der Waals surface area (Å²) in [5, 5.41) is 19.1. The van der Waals surface area contributed by atoms with Gasteiger partial charge in [-0.3, -0.25) is 13.7 Å². The summed E-state index contributed by atoms with van der Waals surface area (Å²) in [6.45, 7) is 8.74. The highest BCUT2D eigenvalue weighted by molar-refractivity contribution is 7.86. The first-order chi connectivity index (χ1) is 40.7. The molecule has 2 aromatic rings. The Morgan fingerprint density at radius 2 is 1.19 bits per heavy atom. The fourth-order valence-corrected chi connectivity index (χ4v) is 10.5. The Hall–Kier alpha value is -5.26. The normalized spacial score (nSPS) is 17.5. The Bertz CT molecular complexity index is 2900. The predicted octanol–water partition coefficient (Wildman–Crippen LogP) is 3.42. The predicted molar refractivity (Wildman–Crippen MR) is 308 cm³/mol. The summed E-state index contributed by atoms with van der Waals surface area (Å²) < 4.78 is 163. The maximum Gasteiger partial charge on any atom is 0.335 e. The number of carbonyl (C=O) groups excluding carboxylic acids is 1. The van der Waals surface area contributed by atoms with Crippen LogP contribution in [0.4, 0.5) is 5.69 Å². The number of benzene rings is 1. The Morgan fingerprint density at radius 3 is 1.74 bits per heavy atom. The highest BCUT2D eigenvalue weighted by Crippen LogP contribution is 2.51. The van der Waals surface area contributed by atoms with Gasteiger partial charge < -0.3 is 77.0 Å². The van der Waals surface area contributed by atoms with Gasteiger partial charge in [-0.05, 0) is 79.8 Å². The van der Waals surface area contributed by atoms with Crippen LogP contribution in [0.15, 0.2) is 107 Å². The SMILES string of the molecule is COCCOCCOCCOCCOCCN(CCCS(=O)(=O)O)C1=CC2OC=CC(C=CC=C3N(CCOCCOCCOCCOCCOCCC(=O)On4c(O)ccc4O)c4ccc(S(=O)(=O)O)cc4C3(C)CCCS(=O)(=O)O)=C2C=C1. The van der Waals surface area contributed by atoms with Crippen molar-refractivity contribution in [1.29, 1.82) is 0 Å². The van der Waals surface area contributed by atoms with E-state index in [0.29, 0.717) is 108 Å². The minimum atomic E-state index is -4.65. The molecule has 3 aliphatic rings. The van der Waals surface area contributed by atoms with Gasteiger partial charge in [0.2, 0.25) is 11.8 Å². The molecule has 3 heterocycles. The zero-order chi connectivity index (χ0) is 61.6. The molecule has 5 N–H and O–H groups in total. The standard InChI is InChI=1S/C55H81N3O24S3/c1-55(16-4-40-83(62,63)64)48-43-46(85(68,69)70)9-11-49(48)57(19-23-74-28-31-78-36-39-80-37-34-76-29-26-72-20-15-54(61)82-58-52(59)12-13-53(58)60)51(55)7-3-6-44-14-21-81-50-42-45(8-10-47(44)50)56(17-5-41-84(65,66)67)18-22-73-27-30-77-35-38-79-33-32-75-25-24-71-2/h3,6-14,21,42-43,50,59-60H,4-5,15-20,22-41H2,1-2H3,(H,62,63,64)(H,65,66,67)(H,68,69,70). The van der Waals surface area contributed by atoms with Gasteiger partial charge in [-0.1, -0.05) is 18.2 Å². The van der Waals surface area contributed by atoms with Crippen LogP contribution in [0.1, 0.15) is 38.2 Å². The number of allylic oxidation sites excluding steroid dienone is 7. The maximum atomic E-state index is 12.5. The molecule has 0 radical (unpaired) electrons. The highest BCUT2D eigenvalue weighted by Gasteiger charge is 2.44. The van der Waals surface area contributed by atoms with Gasteiger partial charge in [0.05, 0.1) is 155 Å². The van der Waals surface area contributed by atoms with Crippen molar-refractivity contribution < 1.29 is 111 Å². The molecule has 0 saturated carbocycles. The molecule has 85 heavy (non-hydrogen) atoms. The molecular formula is C55H81N3O24S3. The van der Waals surface area contributed by atoms with Crippen LogP contribution in [-0.2, 0) is 92.7 Å². The summed E-state index contributed by atoms with van der Waals surface area (Å²) >= 11 is 0. The molecule has 0 spiro atoms. The molecule has 1 aromatic heterocycles. The zero-order valence-corrected chi connectivity index (χ0v) is 50.4. The molecule has 5 rings (SSSR count). The summed E-state index contributed by atoms with van der Waals surface area (Å²) in [7, 11) is -11.6. The minimum Gasteiger partial charge on any atom is -0.492 e. The van der Waals surface area contributed by atoms with Crippen LogP contribution in [0.3, 0.4) is 0 Å². The average molecular weight is 1260 g/mol. The minimum absolute atomic E-state index is 0.00602. The summed E-state index contributed by atoms with van der Waals surface area (Å²) in [6.07, 6.45) is 14.2. The summed E-state index contributed by atoms with van der Waals surface area (Å²) in [4.78, 5) is 20.3. The average Bonchev–Trinajstić information content (AvgIpc) is 1.78. The third-order valence-electron chi connectivity index (χ3n) is 13.1. The first-order valence-electron chi connectivity index (χ1n) is 27.6. The van der Waals surface area contributed by atoms with Crippen LogP contribution < -0.4 is 9.74 Å². The molecule has 2 atom stereocenters. The lowest BCUT2D eigenvalue weighted by Gasteiger charge is -2.31. The summed E-state index contributed by atoms with van der Waals surface area (Å²) in [6, 6.07) is 6.58. The third-order valence-corrected chi connectivity index (χ3v) is 15.6. The van der Waals surface area contributed by atoms with Crippen molar-refractivity contribution in [2.75, 3.05) is 169 Å². The molecule has 1 aliphatic carbocycles. The van der Waals surface area contributed by atoms with E-state index in [0.717, 1.165) is 16.8 Å². The van der Waals surface area contributed by atoms with Crippen molar-refractivity contribution in [2.45, 2.75) is 49.0 Å². The van der Waals surface area contributed by atoms with Crippen molar-refractivity contribution in [3.63, 3.8) is 0 Å². The lowest BCUT2D eigenvalue weighted by atomic mass is 9.77. The maximum absolute atomic E-state index is 12.5. The number of ether oxygens (including phenoxy) is 11. The van der Waals surface area contributed by atoms with Crippen LogP contribution in [0.5, 0.6) is 11.8 Å². The van der Waals surface area contributed by atoms with Crippen LogP contribution in [-0.4, -0.2) is 235 Å². The van der Waals surface area contributed by atoms with Crippen molar-refractivity contribution in [3.05, 3.63) is 107 Å². The van der Waals surface area contributed by atoms with E-state index in [1.165, 1.54) is 24.3 Å². The second-order valence-corrected chi connectivity index (χ2v) is 23.9. The van der Waals surface area contributed by atoms with E-state index in [9.17, 15) is 53.9 Å². The molecule has 478 valence electrons. The number of aromatic hydroxyl groups is 2.